The Morgan fingerprint density at radius 1 is 1.17 bits per heavy atom. The van der Waals surface area contributed by atoms with Gasteiger partial charge in [0.25, 0.3) is 5.91 Å². The van der Waals surface area contributed by atoms with E-state index in [1.165, 1.54) is 6.07 Å². The number of carbonyl (C=O) groups excluding carboxylic acids is 2. The molecule has 1 radical (unpaired) electrons. The maximum Gasteiger partial charge on any atom is 0.349 e. The standard InChI is InChI=1S/C21H14F2N3O4/c1-2-30-21(29)16-19(27)24-18-15(13-9-8-12(22)10-14(13)23)17(25-26(18)20(16)28)11-6-4-3-5-7-11/h3-10,27H,2H2,1H3. The van der Waals surface area contributed by atoms with E-state index in [-0.39, 0.29) is 29.2 Å². The lowest BCUT2D eigenvalue weighted by Gasteiger charge is -2.16. The van der Waals surface area contributed by atoms with Gasteiger partial charge in [-0.2, -0.15) is 15.1 Å². The van der Waals surface area contributed by atoms with Crippen molar-refractivity contribution in [3.63, 3.8) is 0 Å². The summed E-state index contributed by atoms with van der Waals surface area (Å²) in [6, 6.07) is 11.5. The number of ether oxygens (including phenoxy) is 1. The van der Waals surface area contributed by atoms with Crippen LogP contribution in [0.1, 0.15) is 11.7 Å². The number of aliphatic hydroxyl groups is 1. The molecule has 0 fully saturated rings. The molecule has 3 aromatic rings. The van der Waals surface area contributed by atoms with Gasteiger partial charge in [0.1, 0.15) is 17.3 Å². The molecule has 1 aromatic heterocycles. The molecular formula is C21H14F2N3O4. The van der Waals surface area contributed by atoms with Crippen molar-refractivity contribution in [1.82, 2.24) is 15.1 Å². The first-order valence-electron chi connectivity index (χ1n) is 8.93. The van der Waals surface area contributed by atoms with Crippen molar-refractivity contribution in [2.75, 3.05) is 6.61 Å². The van der Waals surface area contributed by atoms with E-state index in [0.717, 1.165) is 10.7 Å². The van der Waals surface area contributed by atoms with Gasteiger partial charge in [0.15, 0.2) is 11.4 Å². The predicted molar refractivity (Wildman–Crippen MR) is 102 cm³/mol. The first-order valence-corrected chi connectivity index (χ1v) is 8.93. The predicted octanol–water partition coefficient (Wildman–Crippen LogP) is 3.72. The highest BCUT2D eigenvalue weighted by atomic mass is 19.1. The van der Waals surface area contributed by atoms with E-state index >= 15 is 0 Å². The van der Waals surface area contributed by atoms with Gasteiger partial charge in [-0.05, 0) is 19.1 Å². The van der Waals surface area contributed by atoms with E-state index in [1.54, 1.807) is 37.3 Å². The SMILES string of the molecule is CCOC(=O)C1=C(O)[N]c2c(-c3ccc(F)cc3F)c(-c3ccccc3)nn2C1=O. The molecule has 1 aliphatic rings. The zero-order valence-electron chi connectivity index (χ0n) is 15.6. The minimum absolute atomic E-state index is 0.0177. The molecular weight excluding hydrogens is 396 g/mol. The summed E-state index contributed by atoms with van der Waals surface area (Å²) in [4.78, 5) is 25.0. The summed E-state index contributed by atoms with van der Waals surface area (Å²) in [7, 11) is 0. The lowest BCUT2D eigenvalue weighted by Crippen LogP contribution is -2.30. The van der Waals surface area contributed by atoms with Gasteiger partial charge >= 0.3 is 5.97 Å². The number of benzene rings is 2. The van der Waals surface area contributed by atoms with Crippen LogP contribution >= 0.6 is 0 Å². The summed E-state index contributed by atoms with van der Waals surface area (Å²) in [6.07, 6.45) is 0. The number of rotatable bonds is 4. The molecule has 2 aromatic carbocycles. The zero-order valence-corrected chi connectivity index (χ0v) is 15.6. The number of esters is 1. The Balaban J connectivity index is 1.96. The van der Waals surface area contributed by atoms with E-state index in [0.29, 0.717) is 11.6 Å². The lowest BCUT2D eigenvalue weighted by molar-refractivity contribution is -0.138. The number of aromatic nitrogens is 2. The molecule has 1 N–H and O–H groups in total. The van der Waals surface area contributed by atoms with Crippen molar-refractivity contribution in [3.8, 4) is 22.4 Å². The van der Waals surface area contributed by atoms with Crippen molar-refractivity contribution < 1.29 is 28.2 Å². The molecule has 151 valence electrons. The average Bonchev–Trinajstić information content (AvgIpc) is 3.08. The Bertz CT molecular complexity index is 1200. The van der Waals surface area contributed by atoms with Crippen LogP contribution in [-0.2, 0) is 9.53 Å². The maximum atomic E-state index is 14.6. The van der Waals surface area contributed by atoms with Gasteiger partial charge < -0.3 is 9.84 Å². The third-order valence-electron chi connectivity index (χ3n) is 4.43. The zero-order chi connectivity index (χ0) is 21.4. The molecule has 0 atom stereocenters. The van der Waals surface area contributed by atoms with E-state index in [4.69, 9.17) is 4.74 Å². The normalized spacial score (nSPS) is 13.1. The third-order valence-corrected chi connectivity index (χ3v) is 4.43. The van der Waals surface area contributed by atoms with E-state index < -0.39 is 35.0 Å². The number of nitrogens with zero attached hydrogens (tertiary/aromatic N) is 3. The highest BCUT2D eigenvalue weighted by Gasteiger charge is 2.38. The van der Waals surface area contributed by atoms with E-state index in [1.807, 2.05) is 0 Å². The molecule has 30 heavy (non-hydrogen) atoms. The summed E-state index contributed by atoms with van der Waals surface area (Å²) in [5, 5.41) is 18.4. The van der Waals surface area contributed by atoms with Crippen LogP contribution in [0, 0.1) is 11.6 Å². The summed E-state index contributed by atoms with van der Waals surface area (Å²) in [6.45, 7) is 1.53. The minimum Gasteiger partial charge on any atom is -0.492 e. The van der Waals surface area contributed by atoms with Crippen LogP contribution in [0.2, 0.25) is 0 Å². The number of halogens is 2. The van der Waals surface area contributed by atoms with Crippen LogP contribution in [0.25, 0.3) is 22.4 Å². The Kier molecular flexibility index (Phi) is 4.78. The largest absolute Gasteiger partial charge is 0.492 e. The minimum atomic E-state index is -1.05. The Morgan fingerprint density at radius 2 is 1.90 bits per heavy atom. The van der Waals surface area contributed by atoms with Crippen molar-refractivity contribution in [2.24, 2.45) is 0 Å². The number of aliphatic hydroxyl groups excluding tert-OH is 1. The summed E-state index contributed by atoms with van der Waals surface area (Å²) < 4.78 is 33.7. The van der Waals surface area contributed by atoms with Crippen molar-refractivity contribution in [3.05, 3.63) is 71.6 Å². The van der Waals surface area contributed by atoms with Crippen molar-refractivity contribution in [2.45, 2.75) is 6.92 Å². The first-order chi connectivity index (χ1) is 14.4. The van der Waals surface area contributed by atoms with Gasteiger partial charge in [-0.1, -0.05) is 30.3 Å². The Hall–Kier alpha value is -4.01. The molecule has 0 amide bonds. The Morgan fingerprint density at radius 3 is 2.57 bits per heavy atom. The van der Waals surface area contributed by atoms with Gasteiger partial charge in [0, 0.05) is 17.2 Å². The molecule has 1 aliphatic heterocycles. The first kappa shape index (κ1) is 19.3. The smallest absolute Gasteiger partial charge is 0.349 e. The monoisotopic (exact) mass is 410 g/mol. The maximum absolute atomic E-state index is 14.6. The lowest BCUT2D eigenvalue weighted by atomic mass is 9.99. The van der Waals surface area contributed by atoms with Gasteiger partial charge in [-0.25, -0.2) is 13.6 Å². The molecule has 0 bridgehead atoms. The molecule has 7 nitrogen and oxygen atoms in total. The summed E-state index contributed by atoms with van der Waals surface area (Å²) >= 11 is 0. The second-order valence-electron chi connectivity index (χ2n) is 6.29. The number of carbonyl (C=O) groups is 2. The second kappa shape index (κ2) is 7.43. The van der Waals surface area contributed by atoms with Gasteiger partial charge in [-0.15, -0.1) is 0 Å². The topological polar surface area (TPSA) is 95.5 Å². The van der Waals surface area contributed by atoms with E-state index in [2.05, 4.69) is 10.4 Å². The third kappa shape index (κ3) is 3.10. The number of hydrogen-bond donors (Lipinski definition) is 1. The van der Waals surface area contributed by atoms with Gasteiger partial charge in [0.2, 0.25) is 5.88 Å². The van der Waals surface area contributed by atoms with Gasteiger partial charge in [0.05, 0.1) is 12.2 Å². The van der Waals surface area contributed by atoms with E-state index in [9.17, 15) is 23.5 Å². The molecule has 4 rings (SSSR count). The quantitative estimate of drug-likeness (QED) is 0.523. The van der Waals surface area contributed by atoms with Crippen molar-refractivity contribution in [1.29, 1.82) is 0 Å². The summed E-state index contributed by atoms with van der Waals surface area (Å²) in [5.74, 6) is -4.75. The summed E-state index contributed by atoms with van der Waals surface area (Å²) in [5.41, 5.74) is 0.0175. The number of fused-ring (bicyclic) bond motifs is 1. The number of hydrogen-bond acceptors (Lipinski definition) is 5. The molecule has 0 aliphatic carbocycles. The Labute approximate surface area is 169 Å². The molecule has 0 unspecified atom stereocenters. The van der Waals surface area contributed by atoms with Crippen LogP contribution in [0.15, 0.2) is 60.0 Å². The molecule has 2 heterocycles. The van der Waals surface area contributed by atoms with Gasteiger partial charge in [-0.3, -0.25) is 4.79 Å². The molecule has 9 heteroatoms. The fourth-order valence-corrected chi connectivity index (χ4v) is 3.13. The van der Waals surface area contributed by atoms with Crippen LogP contribution in [0.5, 0.6) is 0 Å². The van der Waals surface area contributed by atoms with Crippen LogP contribution in [-0.4, -0.2) is 33.4 Å². The average molecular weight is 410 g/mol. The fourth-order valence-electron chi connectivity index (χ4n) is 3.13. The fraction of sp³-hybridized carbons (Fsp3) is 0.0952. The van der Waals surface area contributed by atoms with Crippen molar-refractivity contribution >= 4 is 17.7 Å². The molecule has 0 saturated heterocycles. The second-order valence-corrected chi connectivity index (χ2v) is 6.29. The highest BCUT2D eigenvalue weighted by Crippen LogP contribution is 2.41. The van der Waals surface area contributed by atoms with Crippen LogP contribution < -0.4 is 5.32 Å². The van der Waals surface area contributed by atoms with Crippen LogP contribution in [0.4, 0.5) is 14.6 Å². The molecule has 0 spiro atoms. The van der Waals surface area contributed by atoms with Crippen LogP contribution in [0.3, 0.4) is 0 Å². The highest BCUT2D eigenvalue weighted by molar-refractivity contribution is 6.19. The molecule has 0 saturated carbocycles.